The summed E-state index contributed by atoms with van der Waals surface area (Å²) < 4.78 is 1.75. The highest BCUT2D eigenvalue weighted by molar-refractivity contribution is 5.93. The maximum absolute atomic E-state index is 11.9. The van der Waals surface area contributed by atoms with E-state index in [1.807, 2.05) is 13.0 Å². The van der Waals surface area contributed by atoms with Crippen molar-refractivity contribution in [2.24, 2.45) is 7.05 Å². The summed E-state index contributed by atoms with van der Waals surface area (Å²) in [6.45, 7) is 2.87. The van der Waals surface area contributed by atoms with Crippen LogP contribution in [0.2, 0.25) is 0 Å². The fraction of sp³-hybridized carbons (Fsp3) is 0.545. The molecule has 16 heavy (non-hydrogen) atoms. The summed E-state index contributed by atoms with van der Waals surface area (Å²) in [5.41, 5.74) is 0.486. The van der Waals surface area contributed by atoms with Crippen LogP contribution in [-0.2, 0) is 7.05 Å². The molecule has 0 bridgehead atoms. The molecule has 0 spiro atoms. The van der Waals surface area contributed by atoms with E-state index < -0.39 is 5.54 Å². The van der Waals surface area contributed by atoms with Crippen LogP contribution in [0.4, 0.5) is 0 Å². The minimum atomic E-state index is -0.991. The molecule has 1 aromatic rings. The number of amides is 1. The van der Waals surface area contributed by atoms with Crippen molar-refractivity contribution in [3.63, 3.8) is 0 Å². The minimum Gasteiger partial charge on any atom is -0.394 e. The van der Waals surface area contributed by atoms with Gasteiger partial charge in [0.1, 0.15) is 5.69 Å². The van der Waals surface area contributed by atoms with Gasteiger partial charge in [-0.05, 0) is 26.0 Å². The van der Waals surface area contributed by atoms with Gasteiger partial charge in [-0.3, -0.25) is 4.79 Å². The van der Waals surface area contributed by atoms with Crippen LogP contribution >= 0.6 is 0 Å². The molecule has 0 atom stereocenters. The van der Waals surface area contributed by atoms with E-state index in [4.69, 9.17) is 10.2 Å². The van der Waals surface area contributed by atoms with Crippen LogP contribution in [0.25, 0.3) is 0 Å². The topological polar surface area (TPSA) is 74.5 Å². The number of nitrogens with one attached hydrogen (secondary N) is 1. The van der Waals surface area contributed by atoms with Gasteiger partial charge in [0, 0.05) is 12.7 Å². The lowest BCUT2D eigenvalue weighted by molar-refractivity contribution is 0.0716. The van der Waals surface area contributed by atoms with Gasteiger partial charge < -0.3 is 20.1 Å². The lowest BCUT2D eigenvalue weighted by Gasteiger charge is -2.26. The van der Waals surface area contributed by atoms with Crippen LogP contribution in [0.3, 0.4) is 0 Å². The third-order valence-corrected chi connectivity index (χ3v) is 2.72. The molecular weight excluding hydrogens is 208 g/mol. The van der Waals surface area contributed by atoms with E-state index in [0.29, 0.717) is 5.69 Å². The van der Waals surface area contributed by atoms with E-state index in [1.54, 1.807) is 24.6 Å². The van der Waals surface area contributed by atoms with Gasteiger partial charge in [0.2, 0.25) is 0 Å². The quantitative estimate of drug-likeness (QED) is 0.666. The number of aliphatic hydroxyl groups is 2. The van der Waals surface area contributed by atoms with E-state index in [0.717, 1.165) is 5.69 Å². The molecule has 0 fully saturated rings. The number of carbonyl (C=O) groups excluding carboxylic acids is 1. The molecule has 0 saturated carbocycles. The Morgan fingerprint density at radius 2 is 2.00 bits per heavy atom. The van der Waals surface area contributed by atoms with Crippen molar-refractivity contribution < 1.29 is 15.0 Å². The van der Waals surface area contributed by atoms with Gasteiger partial charge in [-0.15, -0.1) is 0 Å². The van der Waals surface area contributed by atoms with Crippen molar-refractivity contribution in [2.75, 3.05) is 13.2 Å². The second-order valence-corrected chi connectivity index (χ2v) is 4.25. The number of hydrogen-bond acceptors (Lipinski definition) is 3. The van der Waals surface area contributed by atoms with Gasteiger partial charge in [-0.2, -0.15) is 0 Å². The largest absolute Gasteiger partial charge is 0.394 e. The Morgan fingerprint density at radius 3 is 2.38 bits per heavy atom. The normalized spacial score (nSPS) is 11.6. The first kappa shape index (κ1) is 12.7. The predicted octanol–water partition coefficient (Wildman–Crippen LogP) is -0.193. The Kier molecular flexibility index (Phi) is 3.72. The van der Waals surface area contributed by atoms with Gasteiger partial charge in [0.25, 0.3) is 5.91 Å². The molecule has 1 aromatic heterocycles. The number of aryl methyl sites for hydroxylation is 1. The molecule has 0 aliphatic carbocycles. The standard InChI is InChI=1S/C11H18N2O3/c1-8-4-5-9(13(8)3)10(16)12-11(2,6-14)7-15/h4-5,14-15H,6-7H2,1-3H3,(H,12,16). The van der Waals surface area contributed by atoms with Crippen LogP contribution in [0.1, 0.15) is 23.1 Å². The zero-order chi connectivity index (χ0) is 12.3. The molecule has 5 nitrogen and oxygen atoms in total. The van der Waals surface area contributed by atoms with E-state index in [1.165, 1.54) is 0 Å². The van der Waals surface area contributed by atoms with Gasteiger partial charge in [-0.25, -0.2) is 0 Å². The SMILES string of the molecule is Cc1ccc(C(=O)NC(C)(CO)CO)n1C. The Balaban J connectivity index is 2.84. The van der Waals surface area contributed by atoms with Gasteiger partial charge in [0.15, 0.2) is 0 Å². The van der Waals surface area contributed by atoms with Crippen LogP contribution < -0.4 is 5.32 Å². The monoisotopic (exact) mass is 226 g/mol. The van der Waals surface area contributed by atoms with Crippen LogP contribution in [0.15, 0.2) is 12.1 Å². The average Bonchev–Trinajstić information content (AvgIpc) is 2.59. The van der Waals surface area contributed by atoms with Crippen LogP contribution in [0, 0.1) is 6.92 Å². The molecule has 1 rings (SSSR count). The van der Waals surface area contributed by atoms with Gasteiger partial charge >= 0.3 is 0 Å². The lowest BCUT2D eigenvalue weighted by atomic mass is 10.1. The molecule has 90 valence electrons. The van der Waals surface area contributed by atoms with Crippen molar-refractivity contribution >= 4 is 5.91 Å². The summed E-state index contributed by atoms with van der Waals surface area (Å²) in [6, 6.07) is 3.55. The highest BCUT2D eigenvalue weighted by atomic mass is 16.3. The Bertz CT molecular complexity index is 381. The van der Waals surface area contributed by atoms with Crippen LogP contribution in [-0.4, -0.2) is 39.4 Å². The molecule has 0 unspecified atom stereocenters. The summed E-state index contributed by atoms with van der Waals surface area (Å²) in [6.07, 6.45) is 0. The zero-order valence-corrected chi connectivity index (χ0v) is 9.82. The fourth-order valence-electron chi connectivity index (χ4n) is 1.31. The summed E-state index contributed by atoms with van der Waals surface area (Å²) in [4.78, 5) is 11.9. The van der Waals surface area contributed by atoms with Crippen molar-refractivity contribution in [3.8, 4) is 0 Å². The van der Waals surface area contributed by atoms with Crippen molar-refractivity contribution in [3.05, 3.63) is 23.5 Å². The summed E-state index contributed by atoms with van der Waals surface area (Å²) in [5.74, 6) is -0.304. The number of hydrogen-bond donors (Lipinski definition) is 3. The van der Waals surface area contributed by atoms with Crippen molar-refractivity contribution in [1.82, 2.24) is 9.88 Å². The highest BCUT2D eigenvalue weighted by Gasteiger charge is 2.26. The van der Waals surface area contributed by atoms with Crippen molar-refractivity contribution in [1.29, 1.82) is 0 Å². The number of rotatable bonds is 4. The van der Waals surface area contributed by atoms with Gasteiger partial charge in [-0.1, -0.05) is 0 Å². The molecular formula is C11H18N2O3. The zero-order valence-electron chi connectivity index (χ0n) is 9.82. The molecule has 0 aliphatic rings. The average molecular weight is 226 g/mol. The van der Waals surface area contributed by atoms with Gasteiger partial charge in [0.05, 0.1) is 18.8 Å². The van der Waals surface area contributed by atoms with E-state index in [-0.39, 0.29) is 19.1 Å². The summed E-state index contributed by atoms with van der Waals surface area (Å²) in [5, 5.41) is 20.8. The Hall–Kier alpha value is -1.33. The van der Waals surface area contributed by atoms with E-state index >= 15 is 0 Å². The predicted molar refractivity (Wildman–Crippen MR) is 60.2 cm³/mol. The third kappa shape index (κ3) is 2.43. The lowest BCUT2D eigenvalue weighted by Crippen LogP contribution is -2.52. The fourth-order valence-corrected chi connectivity index (χ4v) is 1.31. The second-order valence-electron chi connectivity index (χ2n) is 4.25. The molecule has 0 saturated heterocycles. The third-order valence-electron chi connectivity index (χ3n) is 2.72. The Morgan fingerprint density at radius 1 is 1.44 bits per heavy atom. The number of nitrogens with zero attached hydrogens (tertiary/aromatic N) is 1. The molecule has 3 N–H and O–H groups in total. The second kappa shape index (κ2) is 4.67. The van der Waals surface area contributed by atoms with E-state index in [9.17, 15) is 4.79 Å². The smallest absolute Gasteiger partial charge is 0.268 e. The van der Waals surface area contributed by atoms with E-state index in [2.05, 4.69) is 5.32 Å². The molecule has 0 aliphatic heterocycles. The minimum absolute atomic E-state index is 0.304. The maximum Gasteiger partial charge on any atom is 0.268 e. The number of aliphatic hydroxyl groups excluding tert-OH is 2. The molecule has 1 heterocycles. The molecule has 0 radical (unpaired) electrons. The number of carbonyl (C=O) groups is 1. The first-order valence-electron chi connectivity index (χ1n) is 5.10. The molecule has 5 heteroatoms. The summed E-state index contributed by atoms with van der Waals surface area (Å²) in [7, 11) is 1.79. The highest BCUT2D eigenvalue weighted by Crippen LogP contribution is 2.08. The summed E-state index contributed by atoms with van der Waals surface area (Å²) >= 11 is 0. The first-order valence-corrected chi connectivity index (χ1v) is 5.10. The van der Waals surface area contributed by atoms with Crippen molar-refractivity contribution in [2.45, 2.75) is 19.4 Å². The number of aromatic nitrogens is 1. The first-order chi connectivity index (χ1) is 7.43. The van der Waals surface area contributed by atoms with Crippen LogP contribution in [0.5, 0.6) is 0 Å². The Labute approximate surface area is 94.7 Å². The molecule has 0 aromatic carbocycles. The maximum atomic E-state index is 11.9. The molecule has 1 amide bonds.